The number of carbonyl (C=O) groups is 2. The van der Waals surface area contributed by atoms with E-state index in [-0.39, 0.29) is 11.8 Å². The number of ether oxygens (including phenoxy) is 2. The smallest absolute Gasteiger partial charge is 0.257 e. The monoisotopic (exact) mass is 440 g/mol. The van der Waals surface area contributed by atoms with E-state index in [0.717, 1.165) is 34.6 Å². The molecule has 0 spiro atoms. The van der Waals surface area contributed by atoms with Crippen molar-refractivity contribution in [2.24, 2.45) is 0 Å². The van der Waals surface area contributed by atoms with Crippen molar-refractivity contribution >= 4 is 44.2 Å². The zero-order chi connectivity index (χ0) is 21.8. The fourth-order valence-corrected chi connectivity index (χ4v) is 4.43. The Hall–Kier alpha value is -3.17. The summed E-state index contributed by atoms with van der Waals surface area (Å²) in [6.45, 7) is 4.90. The average molecular weight is 441 g/mol. The standard InChI is InChI=1S/C22H24N4O4S/c1-14(27)23-13-15-3-5-16(6-4-15)21(28)25-22-24-19-18(29-2)8-7-17(20(19)31-22)26-9-11-30-12-10-26/h3-8H,9-13H2,1-2H3,(H,23,27)(H,24,25,28). The predicted molar refractivity (Wildman–Crippen MR) is 121 cm³/mol. The summed E-state index contributed by atoms with van der Waals surface area (Å²) in [7, 11) is 1.61. The van der Waals surface area contributed by atoms with Gasteiger partial charge in [0.15, 0.2) is 5.13 Å². The Bertz CT molecular complexity index is 1090. The normalized spacial score (nSPS) is 13.8. The van der Waals surface area contributed by atoms with E-state index < -0.39 is 0 Å². The van der Waals surface area contributed by atoms with E-state index in [0.29, 0.717) is 36.2 Å². The number of aromatic nitrogens is 1. The minimum Gasteiger partial charge on any atom is -0.494 e. The molecule has 162 valence electrons. The number of methoxy groups -OCH3 is 1. The van der Waals surface area contributed by atoms with Gasteiger partial charge < -0.3 is 19.7 Å². The highest BCUT2D eigenvalue weighted by Gasteiger charge is 2.20. The van der Waals surface area contributed by atoms with Crippen LogP contribution in [0.15, 0.2) is 36.4 Å². The Kier molecular flexibility index (Phi) is 6.34. The summed E-state index contributed by atoms with van der Waals surface area (Å²) in [4.78, 5) is 30.7. The van der Waals surface area contributed by atoms with Gasteiger partial charge in [0, 0.05) is 32.1 Å². The highest BCUT2D eigenvalue weighted by Crippen LogP contribution is 2.39. The van der Waals surface area contributed by atoms with Gasteiger partial charge in [-0.15, -0.1) is 0 Å². The quantitative estimate of drug-likeness (QED) is 0.612. The molecule has 1 aliphatic heterocycles. The van der Waals surface area contributed by atoms with Gasteiger partial charge in [0.1, 0.15) is 11.3 Å². The first kappa shape index (κ1) is 21.1. The third-order valence-corrected chi connectivity index (χ3v) is 6.03. The van der Waals surface area contributed by atoms with Crippen LogP contribution in [0.2, 0.25) is 0 Å². The molecule has 31 heavy (non-hydrogen) atoms. The van der Waals surface area contributed by atoms with Crippen LogP contribution in [0.1, 0.15) is 22.8 Å². The lowest BCUT2D eigenvalue weighted by Crippen LogP contribution is -2.36. The number of thiazole rings is 1. The SMILES string of the molecule is COc1ccc(N2CCOCC2)c2sc(NC(=O)c3ccc(CNC(C)=O)cc3)nc12. The maximum absolute atomic E-state index is 12.7. The lowest BCUT2D eigenvalue weighted by molar-refractivity contribution is -0.119. The van der Waals surface area contributed by atoms with Crippen molar-refractivity contribution in [2.75, 3.05) is 43.6 Å². The van der Waals surface area contributed by atoms with Gasteiger partial charge in [0.05, 0.1) is 30.7 Å². The van der Waals surface area contributed by atoms with E-state index in [2.05, 4.69) is 20.5 Å². The van der Waals surface area contributed by atoms with Crippen LogP contribution in [0.4, 0.5) is 10.8 Å². The number of hydrogen-bond acceptors (Lipinski definition) is 7. The number of amides is 2. The van der Waals surface area contributed by atoms with E-state index in [9.17, 15) is 9.59 Å². The molecule has 9 heteroatoms. The molecule has 4 rings (SSSR count). The number of anilines is 2. The van der Waals surface area contributed by atoms with Crippen LogP contribution in [0, 0.1) is 0 Å². The topological polar surface area (TPSA) is 92.8 Å². The molecule has 0 saturated carbocycles. The Morgan fingerprint density at radius 3 is 2.58 bits per heavy atom. The summed E-state index contributed by atoms with van der Waals surface area (Å²) >= 11 is 1.43. The second-order valence-corrected chi connectivity index (χ2v) is 8.14. The molecule has 0 unspecified atom stereocenters. The molecular weight excluding hydrogens is 416 g/mol. The van der Waals surface area contributed by atoms with E-state index in [1.165, 1.54) is 18.3 Å². The summed E-state index contributed by atoms with van der Waals surface area (Å²) in [6, 6.07) is 11.1. The highest BCUT2D eigenvalue weighted by atomic mass is 32.1. The molecule has 3 aromatic rings. The number of fused-ring (bicyclic) bond motifs is 1. The van der Waals surface area contributed by atoms with Gasteiger partial charge in [-0.25, -0.2) is 4.98 Å². The maximum atomic E-state index is 12.7. The van der Waals surface area contributed by atoms with E-state index in [1.807, 2.05) is 24.3 Å². The van der Waals surface area contributed by atoms with E-state index >= 15 is 0 Å². The van der Waals surface area contributed by atoms with Gasteiger partial charge in [-0.05, 0) is 29.8 Å². The number of nitrogens with one attached hydrogen (secondary N) is 2. The first-order valence-corrected chi connectivity index (χ1v) is 10.8. The number of morpholine rings is 1. The van der Waals surface area contributed by atoms with Gasteiger partial charge in [-0.1, -0.05) is 23.5 Å². The Morgan fingerprint density at radius 1 is 1.16 bits per heavy atom. The van der Waals surface area contributed by atoms with Crippen LogP contribution in [0.3, 0.4) is 0 Å². The minimum absolute atomic E-state index is 0.0930. The molecule has 1 fully saturated rings. The molecule has 0 aliphatic carbocycles. The first-order chi connectivity index (χ1) is 15.0. The van der Waals surface area contributed by atoms with Crippen LogP contribution < -0.4 is 20.3 Å². The molecule has 0 atom stereocenters. The van der Waals surface area contributed by atoms with Gasteiger partial charge in [0.2, 0.25) is 5.91 Å². The van der Waals surface area contributed by atoms with E-state index in [1.54, 1.807) is 19.2 Å². The van der Waals surface area contributed by atoms with Crippen molar-refractivity contribution in [1.29, 1.82) is 0 Å². The van der Waals surface area contributed by atoms with Gasteiger partial charge >= 0.3 is 0 Å². The summed E-state index contributed by atoms with van der Waals surface area (Å²) in [5, 5.41) is 6.15. The zero-order valence-electron chi connectivity index (χ0n) is 17.4. The largest absolute Gasteiger partial charge is 0.494 e. The molecule has 1 aromatic heterocycles. The van der Waals surface area contributed by atoms with Crippen molar-refractivity contribution < 1.29 is 19.1 Å². The number of carbonyl (C=O) groups excluding carboxylic acids is 2. The number of nitrogens with zero attached hydrogens (tertiary/aromatic N) is 2. The second kappa shape index (κ2) is 9.32. The molecular formula is C22H24N4O4S. The van der Waals surface area contributed by atoms with Crippen LogP contribution in [-0.2, 0) is 16.1 Å². The second-order valence-electron chi connectivity index (χ2n) is 7.14. The average Bonchev–Trinajstić information content (AvgIpc) is 3.21. The molecule has 2 N–H and O–H groups in total. The molecule has 1 saturated heterocycles. The molecule has 0 bridgehead atoms. The molecule has 2 heterocycles. The Balaban J connectivity index is 1.55. The summed E-state index contributed by atoms with van der Waals surface area (Å²) < 4.78 is 11.9. The number of hydrogen-bond donors (Lipinski definition) is 2. The molecule has 1 aliphatic rings. The van der Waals surface area contributed by atoms with Crippen molar-refractivity contribution in [3.8, 4) is 5.75 Å². The summed E-state index contributed by atoms with van der Waals surface area (Å²) in [6.07, 6.45) is 0. The van der Waals surface area contributed by atoms with Gasteiger partial charge in [-0.2, -0.15) is 0 Å². The fourth-order valence-electron chi connectivity index (χ4n) is 3.41. The predicted octanol–water partition coefficient (Wildman–Crippen LogP) is 3.03. The van der Waals surface area contributed by atoms with Gasteiger partial charge in [0.25, 0.3) is 5.91 Å². The molecule has 0 radical (unpaired) electrons. The van der Waals surface area contributed by atoms with Crippen LogP contribution in [-0.4, -0.2) is 50.2 Å². The first-order valence-electron chi connectivity index (χ1n) is 10.00. The highest BCUT2D eigenvalue weighted by molar-refractivity contribution is 7.23. The summed E-state index contributed by atoms with van der Waals surface area (Å²) in [5.74, 6) is 0.340. The summed E-state index contributed by atoms with van der Waals surface area (Å²) in [5.41, 5.74) is 3.25. The number of rotatable bonds is 6. The minimum atomic E-state index is -0.239. The van der Waals surface area contributed by atoms with Crippen LogP contribution in [0.25, 0.3) is 10.2 Å². The van der Waals surface area contributed by atoms with Crippen molar-refractivity contribution in [3.05, 3.63) is 47.5 Å². The van der Waals surface area contributed by atoms with Crippen molar-refractivity contribution in [1.82, 2.24) is 10.3 Å². The maximum Gasteiger partial charge on any atom is 0.257 e. The molecule has 8 nitrogen and oxygen atoms in total. The van der Waals surface area contributed by atoms with Crippen molar-refractivity contribution in [2.45, 2.75) is 13.5 Å². The Labute approximate surface area is 184 Å². The van der Waals surface area contributed by atoms with Crippen LogP contribution >= 0.6 is 11.3 Å². The van der Waals surface area contributed by atoms with E-state index in [4.69, 9.17) is 9.47 Å². The lowest BCUT2D eigenvalue weighted by Gasteiger charge is -2.29. The Morgan fingerprint density at radius 2 is 1.90 bits per heavy atom. The lowest BCUT2D eigenvalue weighted by atomic mass is 10.1. The third kappa shape index (κ3) is 4.78. The number of benzene rings is 2. The zero-order valence-corrected chi connectivity index (χ0v) is 18.3. The molecule has 2 aromatic carbocycles. The van der Waals surface area contributed by atoms with Crippen molar-refractivity contribution in [3.63, 3.8) is 0 Å². The van der Waals surface area contributed by atoms with Gasteiger partial charge in [-0.3, -0.25) is 14.9 Å². The molecule has 2 amide bonds. The van der Waals surface area contributed by atoms with Crippen LogP contribution in [0.5, 0.6) is 5.75 Å². The fraction of sp³-hybridized carbons (Fsp3) is 0.318. The third-order valence-electron chi connectivity index (χ3n) is 5.04.